The molecule has 0 bridgehead atoms. The van der Waals surface area contributed by atoms with Crippen LogP contribution in [0.3, 0.4) is 0 Å². The number of hydrogen-bond acceptors (Lipinski definition) is 2. The zero-order valence-corrected chi connectivity index (χ0v) is 10.3. The molecule has 0 atom stereocenters. The molecule has 0 radical (unpaired) electrons. The van der Waals surface area contributed by atoms with Crippen LogP contribution in [0.5, 0.6) is 5.75 Å². The van der Waals surface area contributed by atoms with Crippen LogP contribution in [0.4, 0.5) is 0 Å². The molecule has 90 valence electrons. The highest BCUT2D eigenvalue weighted by Crippen LogP contribution is 2.18. The van der Waals surface area contributed by atoms with Crippen molar-refractivity contribution < 1.29 is 5.11 Å². The number of rotatable bonds is 2. The van der Waals surface area contributed by atoms with Gasteiger partial charge in [-0.3, -0.25) is 4.40 Å². The first-order valence-corrected chi connectivity index (χ1v) is 6.00. The van der Waals surface area contributed by atoms with Crippen molar-refractivity contribution in [1.82, 2.24) is 9.38 Å². The van der Waals surface area contributed by atoms with Crippen molar-refractivity contribution in [2.45, 2.75) is 6.42 Å². The molecule has 3 rings (SSSR count). The fraction of sp³-hybridized carbons (Fsp3) is 0.0714. The summed E-state index contributed by atoms with van der Waals surface area (Å²) in [5, 5.41) is 9.91. The van der Waals surface area contributed by atoms with E-state index in [1.54, 1.807) is 12.1 Å². The highest BCUT2D eigenvalue weighted by Gasteiger charge is 2.07. The van der Waals surface area contributed by atoms with Crippen LogP contribution < -0.4 is 0 Å². The van der Waals surface area contributed by atoms with Gasteiger partial charge in [-0.05, 0) is 29.8 Å². The number of imidazole rings is 1. The first-order valence-electron chi connectivity index (χ1n) is 5.63. The summed E-state index contributed by atoms with van der Waals surface area (Å²) in [5.74, 6) is 1.16. The number of halogens is 1. The van der Waals surface area contributed by atoms with E-state index in [9.17, 15) is 5.11 Å². The zero-order chi connectivity index (χ0) is 12.5. The third-order valence-electron chi connectivity index (χ3n) is 2.88. The summed E-state index contributed by atoms with van der Waals surface area (Å²) >= 11 is 6.18. The van der Waals surface area contributed by atoms with E-state index < -0.39 is 0 Å². The van der Waals surface area contributed by atoms with E-state index in [-0.39, 0.29) is 5.75 Å². The monoisotopic (exact) mass is 258 g/mol. The number of pyridine rings is 1. The predicted octanol–water partition coefficient (Wildman–Crippen LogP) is 3.28. The molecule has 0 aliphatic rings. The van der Waals surface area contributed by atoms with Gasteiger partial charge in [0.1, 0.15) is 16.7 Å². The number of aromatic nitrogens is 2. The Kier molecular flexibility index (Phi) is 2.68. The molecule has 1 N–H and O–H groups in total. The van der Waals surface area contributed by atoms with Gasteiger partial charge in [0.15, 0.2) is 0 Å². The molecular formula is C14H11ClN2O. The van der Waals surface area contributed by atoms with Crippen LogP contribution in [0, 0.1) is 0 Å². The van der Waals surface area contributed by atoms with Crippen molar-refractivity contribution >= 4 is 17.1 Å². The minimum absolute atomic E-state index is 0.268. The second kappa shape index (κ2) is 4.35. The lowest BCUT2D eigenvalue weighted by Gasteiger charge is -2.04. The van der Waals surface area contributed by atoms with Gasteiger partial charge in [0.2, 0.25) is 0 Å². The van der Waals surface area contributed by atoms with Crippen LogP contribution in [-0.2, 0) is 6.42 Å². The van der Waals surface area contributed by atoms with Gasteiger partial charge in [0.25, 0.3) is 0 Å². The van der Waals surface area contributed by atoms with Crippen LogP contribution in [0.25, 0.3) is 5.52 Å². The Labute approximate surface area is 109 Å². The predicted molar refractivity (Wildman–Crippen MR) is 71.1 cm³/mol. The average molecular weight is 259 g/mol. The van der Waals surface area contributed by atoms with Crippen molar-refractivity contribution in [3.63, 3.8) is 0 Å². The molecule has 0 saturated carbocycles. The standard InChI is InChI=1S/C14H11ClN2O/c15-13-3-1-2-11-9-16-14(17(11)13)8-10-4-6-12(18)7-5-10/h1-7,9,18H,8H2. The van der Waals surface area contributed by atoms with Gasteiger partial charge in [-0.15, -0.1) is 0 Å². The highest BCUT2D eigenvalue weighted by molar-refractivity contribution is 6.29. The van der Waals surface area contributed by atoms with E-state index in [2.05, 4.69) is 4.98 Å². The van der Waals surface area contributed by atoms with Gasteiger partial charge in [-0.1, -0.05) is 29.8 Å². The molecule has 0 spiro atoms. The van der Waals surface area contributed by atoms with E-state index in [0.717, 1.165) is 16.9 Å². The van der Waals surface area contributed by atoms with E-state index in [1.807, 2.05) is 40.9 Å². The van der Waals surface area contributed by atoms with Gasteiger partial charge < -0.3 is 5.11 Å². The smallest absolute Gasteiger partial charge is 0.118 e. The third-order valence-corrected chi connectivity index (χ3v) is 3.17. The first-order chi connectivity index (χ1) is 8.74. The Hall–Kier alpha value is -2.00. The second-order valence-corrected chi connectivity index (χ2v) is 4.51. The molecule has 3 aromatic rings. The summed E-state index contributed by atoms with van der Waals surface area (Å²) in [6.45, 7) is 0. The van der Waals surface area contributed by atoms with Crippen molar-refractivity contribution in [3.05, 3.63) is 65.2 Å². The number of benzene rings is 1. The van der Waals surface area contributed by atoms with Crippen molar-refractivity contribution in [3.8, 4) is 5.75 Å². The van der Waals surface area contributed by atoms with Crippen molar-refractivity contribution in [2.75, 3.05) is 0 Å². The molecule has 2 aromatic heterocycles. The van der Waals surface area contributed by atoms with Crippen LogP contribution in [0.1, 0.15) is 11.4 Å². The second-order valence-electron chi connectivity index (χ2n) is 4.13. The van der Waals surface area contributed by atoms with Gasteiger partial charge in [0.05, 0.1) is 11.7 Å². The quantitative estimate of drug-likeness (QED) is 0.717. The van der Waals surface area contributed by atoms with Crippen LogP contribution in [-0.4, -0.2) is 14.5 Å². The summed E-state index contributed by atoms with van der Waals surface area (Å²) in [6, 6.07) is 12.8. The normalized spacial score (nSPS) is 10.9. The topological polar surface area (TPSA) is 37.5 Å². The van der Waals surface area contributed by atoms with E-state index in [1.165, 1.54) is 0 Å². The molecule has 0 aliphatic heterocycles. The molecule has 2 heterocycles. The number of aromatic hydroxyl groups is 1. The van der Waals surface area contributed by atoms with Gasteiger partial charge in [0, 0.05) is 6.42 Å². The van der Waals surface area contributed by atoms with E-state index >= 15 is 0 Å². The first kappa shape index (κ1) is 11.1. The van der Waals surface area contributed by atoms with Gasteiger partial charge in [-0.2, -0.15) is 0 Å². The van der Waals surface area contributed by atoms with Crippen molar-refractivity contribution in [1.29, 1.82) is 0 Å². The largest absolute Gasteiger partial charge is 0.508 e. The third kappa shape index (κ3) is 1.93. The zero-order valence-electron chi connectivity index (χ0n) is 9.55. The number of fused-ring (bicyclic) bond motifs is 1. The highest BCUT2D eigenvalue weighted by atomic mass is 35.5. The van der Waals surface area contributed by atoms with Gasteiger partial charge >= 0.3 is 0 Å². The Morgan fingerprint density at radius 1 is 1.11 bits per heavy atom. The molecule has 3 nitrogen and oxygen atoms in total. The molecule has 0 aliphatic carbocycles. The maximum Gasteiger partial charge on any atom is 0.118 e. The minimum atomic E-state index is 0.268. The van der Waals surface area contributed by atoms with Crippen LogP contribution in [0.2, 0.25) is 5.15 Å². The summed E-state index contributed by atoms with van der Waals surface area (Å²) in [7, 11) is 0. The molecule has 0 saturated heterocycles. The lowest BCUT2D eigenvalue weighted by molar-refractivity contribution is 0.475. The minimum Gasteiger partial charge on any atom is -0.508 e. The lowest BCUT2D eigenvalue weighted by atomic mass is 10.1. The molecule has 1 aromatic carbocycles. The Morgan fingerprint density at radius 3 is 2.67 bits per heavy atom. The van der Waals surface area contributed by atoms with E-state index in [4.69, 9.17) is 11.6 Å². The van der Waals surface area contributed by atoms with Crippen LogP contribution in [0.15, 0.2) is 48.7 Å². The molecular weight excluding hydrogens is 248 g/mol. The maximum atomic E-state index is 9.26. The molecule has 18 heavy (non-hydrogen) atoms. The Bertz CT molecular complexity index is 689. The lowest BCUT2D eigenvalue weighted by Crippen LogP contribution is -1.97. The molecule has 0 fully saturated rings. The molecule has 4 heteroatoms. The summed E-state index contributed by atoms with van der Waals surface area (Å²) < 4.78 is 1.93. The molecule has 0 unspecified atom stereocenters. The Balaban J connectivity index is 2.02. The number of nitrogens with zero attached hydrogens (tertiary/aromatic N) is 2. The number of phenols is 1. The molecule has 0 amide bonds. The number of hydrogen-bond donors (Lipinski definition) is 1. The fourth-order valence-corrected chi connectivity index (χ4v) is 2.26. The summed E-state index contributed by atoms with van der Waals surface area (Å²) in [4.78, 5) is 4.39. The Morgan fingerprint density at radius 2 is 1.89 bits per heavy atom. The fourth-order valence-electron chi connectivity index (χ4n) is 1.99. The SMILES string of the molecule is Oc1ccc(Cc2ncc3cccc(Cl)n23)cc1. The average Bonchev–Trinajstić information content (AvgIpc) is 2.77. The van der Waals surface area contributed by atoms with Crippen molar-refractivity contribution in [2.24, 2.45) is 0 Å². The summed E-state index contributed by atoms with van der Waals surface area (Å²) in [6.07, 6.45) is 2.49. The van der Waals surface area contributed by atoms with Crippen LogP contribution >= 0.6 is 11.6 Å². The summed E-state index contributed by atoms with van der Waals surface area (Å²) in [5.41, 5.74) is 2.07. The van der Waals surface area contributed by atoms with Gasteiger partial charge in [-0.25, -0.2) is 4.98 Å². The van der Waals surface area contributed by atoms with E-state index in [0.29, 0.717) is 11.6 Å². The number of phenolic OH excluding ortho intramolecular Hbond substituents is 1. The maximum absolute atomic E-state index is 9.26.